The van der Waals surface area contributed by atoms with Gasteiger partial charge >= 0.3 is 0 Å². The maximum absolute atomic E-state index is 12.8. The number of hydrogen-bond acceptors (Lipinski definition) is 4. The fourth-order valence-corrected chi connectivity index (χ4v) is 4.31. The van der Waals surface area contributed by atoms with Gasteiger partial charge in [-0.3, -0.25) is 0 Å². The number of nitrogens with one attached hydrogen (secondary N) is 1. The Morgan fingerprint density at radius 2 is 1.90 bits per heavy atom. The Labute approximate surface area is 127 Å². The monoisotopic (exact) mass is 312 g/mol. The highest BCUT2D eigenvalue weighted by atomic mass is 32.2. The molecular weight excluding hydrogens is 288 g/mol. The van der Waals surface area contributed by atoms with Crippen molar-refractivity contribution in [1.29, 1.82) is 0 Å². The third-order valence-electron chi connectivity index (χ3n) is 3.71. The van der Waals surface area contributed by atoms with Gasteiger partial charge in [-0.1, -0.05) is 6.07 Å². The molecule has 21 heavy (non-hydrogen) atoms. The van der Waals surface area contributed by atoms with Crippen LogP contribution in [0.3, 0.4) is 0 Å². The number of ether oxygens (including phenoxy) is 1. The highest BCUT2D eigenvalue weighted by molar-refractivity contribution is 7.89. The van der Waals surface area contributed by atoms with Crippen LogP contribution in [0, 0.1) is 6.92 Å². The van der Waals surface area contributed by atoms with Crippen molar-refractivity contribution in [2.45, 2.75) is 44.4 Å². The van der Waals surface area contributed by atoms with Gasteiger partial charge in [-0.05, 0) is 51.1 Å². The van der Waals surface area contributed by atoms with E-state index in [0.29, 0.717) is 24.5 Å². The third kappa shape index (κ3) is 3.63. The van der Waals surface area contributed by atoms with Crippen LogP contribution < -0.4 is 5.32 Å². The third-order valence-corrected chi connectivity index (χ3v) is 5.54. The Kier molecular flexibility index (Phi) is 5.03. The molecule has 1 saturated heterocycles. The molecule has 1 N–H and O–H groups in total. The van der Waals surface area contributed by atoms with Gasteiger partial charge in [-0.15, -0.1) is 0 Å². The molecule has 1 aromatic rings. The van der Waals surface area contributed by atoms with E-state index < -0.39 is 10.0 Å². The van der Waals surface area contributed by atoms with Gasteiger partial charge in [-0.2, -0.15) is 4.31 Å². The van der Waals surface area contributed by atoms with E-state index in [0.717, 1.165) is 11.1 Å². The van der Waals surface area contributed by atoms with E-state index in [-0.39, 0.29) is 12.2 Å². The van der Waals surface area contributed by atoms with Gasteiger partial charge in [0.25, 0.3) is 0 Å². The lowest BCUT2D eigenvalue weighted by atomic mass is 10.1. The highest BCUT2D eigenvalue weighted by Gasteiger charge is 2.32. The Balaban J connectivity index is 2.33. The number of rotatable bonds is 4. The molecule has 0 spiro atoms. The van der Waals surface area contributed by atoms with Crippen molar-refractivity contribution in [3.05, 3.63) is 29.3 Å². The molecule has 1 heterocycles. The zero-order valence-corrected chi connectivity index (χ0v) is 13.9. The van der Waals surface area contributed by atoms with Crippen LogP contribution in [0.4, 0.5) is 0 Å². The average molecular weight is 312 g/mol. The van der Waals surface area contributed by atoms with Crippen LogP contribution in [-0.4, -0.2) is 45.1 Å². The first-order chi connectivity index (χ1) is 9.84. The molecule has 6 heteroatoms. The van der Waals surface area contributed by atoms with Crippen molar-refractivity contribution < 1.29 is 13.2 Å². The molecule has 0 radical (unpaired) electrons. The van der Waals surface area contributed by atoms with E-state index >= 15 is 0 Å². The van der Waals surface area contributed by atoms with Crippen LogP contribution >= 0.6 is 0 Å². The van der Waals surface area contributed by atoms with Crippen LogP contribution in [0.15, 0.2) is 23.1 Å². The molecule has 1 fully saturated rings. The summed E-state index contributed by atoms with van der Waals surface area (Å²) in [4.78, 5) is 0.361. The molecule has 1 aliphatic rings. The van der Waals surface area contributed by atoms with Gasteiger partial charge in [-0.25, -0.2) is 8.42 Å². The summed E-state index contributed by atoms with van der Waals surface area (Å²) in [7, 11) is -1.61. The highest BCUT2D eigenvalue weighted by Crippen LogP contribution is 2.23. The van der Waals surface area contributed by atoms with E-state index in [1.54, 1.807) is 12.1 Å². The fourth-order valence-electron chi connectivity index (χ4n) is 2.67. The number of aryl methyl sites for hydroxylation is 1. The molecule has 0 saturated carbocycles. The van der Waals surface area contributed by atoms with Gasteiger partial charge < -0.3 is 10.1 Å². The largest absolute Gasteiger partial charge is 0.373 e. The zero-order valence-electron chi connectivity index (χ0n) is 13.1. The number of morpholine rings is 1. The number of sulfonamides is 1. The van der Waals surface area contributed by atoms with E-state index in [1.807, 2.05) is 33.9 Å². The minimum Gasteiger partial charge on any atom is -0.373 e. The smallest absolute Gasteiger partial charge is 0.243 e. The van der Waals surface area contributed by atoms with Crippen molar-refractivity contribution in [3.8, 4) is 0 Å². The SMILES string of the molecule is CNCc1cc(S(=O)(=O)N2CC(C)OC(C)C2)ccc1C. The standard InChI is InChI=1S/C15H24N2O3S/c1-11-5-6-15(7-14(11)8-16-4)21(18,19)17-9-12(2)20-13(3)10-17/h5-7,12-13,16H,8-10H2,1-4H3. The summed E-state index contributed by atoms with van der Waals surface area (Å²) in [5.74, 6) is 0. The van der Waals surface area contributed by atoms with Crippen molar-refractivity contribution in [3.63, 3.8) is 0 Å². The molecule has 0 aliphatic carbocycles. The Hall–Kier alpha value is -0.950. The van der Waals surface area contributed by atoms with Gasteiger partial charge in [0.1, 0.15) is 0 Å². The van der Waals surface area contributed by atoms with Crippen LogP contribution in [0.25, 0.3) is 0 Å². The first kappa shape index (κ1) is 16.4. The quantitative estimate of drug-likeness (QED) is 0.915. The van der Waals surface area contributed by atoms with E-state index in [4.69, 9.17) is 4.74 Å². The molecular formula is C15H24N2O3S. The molecule has 0 amide bonds. The summed E-state index contributed by atoms with van der Waals surface area (Å²) < 4.78 is 32.7. The molecule has 2 atom stereocenters. The summed E-state index contributed by atoms with van der Waals surface area (Å²) in [5.41, 5.74) is 2.10. The molecule has 0 aromatic heterocycles. The molecule has 1 aliphatic heterocycles. The minimum atomic E-state index is -3.46. The lowest BCUT2D eigenvalue weighted by molar-refractivity contribution is -0.0440. The molecule has 2 unspecified atom stereocenters. The lowest BCUT2D eigenvalue weighted by Gasteiger charge is -2.34. The number of benzene rings is 1. The van der Waals surface area contributed by atoms with Crippen LogP contribution in [0.5, 0.6) is 0 Å². The van der Waals surface area contributed by atoms with Gasteiger partial charge in [0, 0.05) is 19.6 Å². The summed E-state index contributed by atoms with van der Waals surface area (Å²) >= 11 is 0. The van der Waals surface area contributed by atoms with Crippen molar-refractivity contribution >= 4 is 10.0 Å². The van der Waals surface area contributed by atoms with Gasteiger partial charge in [0.05, 0.1) is 17.1 Å². The molecule has 1 aromatic carbocycles. The summed E-state index contributed by atoms with van der Waals surface area (Å²) in [6, 6.07) is 5.33. The van der Waals surface area contributed by atoms with Crippen molar-refractivity contribution in [2.24, 2.45) is 0 Å². The van der Waals surface area contributed by atoms with Crippen molar-refractivity contribution in [1.82, 2.24) is 9.62 Å². The Bertz CT molecular complexity index is 591. The topological polar surface area (TPSA) is 58.6 Å². The molecule has 2 rings (SSSR count). The normalized spacial score (nSPS) is 24.2. The van der Waals surface area contributed by atoms with E-state index in [2.05, 4.69) is 5.32 Å². The van der Waals surface area contributed by atoms with Crippen LogP contribution in [0.2, 0.25) is 0 Å². The van der Waals surface area contributed by atoms with Crippen LogP contribution in [0.1, 0.15) is 25.0 Å². The molecule has 5 nitrogen and oxygen atoms in total. The molecule has 0 bridgehead atoms. The van der Waals surface area contributed by atoms with Gasteiger partial charge in [0.2, 0.25) is 10.0 Å². The Morgan fingerprint density at radius 1 is 1.29 bits per heavy atom. The Morgan fingerprint density at radius 3 is 2.48 bits per heavy atom. The summed E-state index contributed by atoms with van der Waals surface area (Å²) in [6.07, 6.45) is -0.156. The van der Waals surface area contributed by atoms with E-state index in [1.165, 1.54) is 4.31 Å². The predicted octanol–water partition coefficient (Wildman–Crippen LogP) is 1.51. The van der Waals surface area contributed by atoms with E-state index in [9.17, 15) is 8.42 Å². The lowest BCUT2D eigenvalue weighted by Crippen LogP contribution is -2.48. The fraction of sp³-hybridized carbons (Fsp3) is 0.600. The number of nitrogens with zero attached hydrogens (tertiary/aromatic N) is 1. The minimum absolute atomic E-state index is 0.0780. The second-order valence-electron chi connectivity index (χ2n) is 5.70. The average Bonchev–Trinajstić information content (AvgIpc) is 2.40. The predicted molar refractivity (Wildman–Crippen MR) is 82.7 cm³/mol. The maximum Gasteiger partial charge on any atom is 0.243 e. The summed E-state index contributed by atoms with van der Waals surface area (Å²) in [5, 5.41) is 3.07. The maximum atomic E-state index is 12.8. The van der Waals surface area contributed by atoms with Crippen molar-refractivity contribution in [2.75, 3.05) is 20.1 Å². The second-order valence-corrected chi connectivity index (χ2v) is 7.64. The first-order valence-corrected chi connectivity index (χ1v) is 8.68. The second kappa shape index (κ2) is 6.44. The first-order valence-electron chi connectivity index (χ1n) is 7.24. The summed E-state index contributed by atoms with van der Waals surface area (Å²) in [6.45, 7) is 7.26. The molecule has 118 valence electrons. The number of hydrogen-bond donors (Lipinski definition) is 1. The van der Waals surface area contributed by atoms with Gasteiger partial charge in [0.15, 0.2) is 0 Å². The zero-order chi connectivity index (χ0) is 15.6. The van der Waals surface area contributed by atoms with Crippen LogP contribution in [-0.2, 0) is 21.3 Å².